The number of nitrogens with two attached hydrogens (primary N) is 1. The quantitative estimate of drug-likeness (QED) is 0.192. The van der Waals surface area contributed by atoms with Crippen LogP contribution >= 0.6 is 12.4 Å². The third-order valence-corrected chi connectivity index (χ3v) is 6.06. The van der Waals surface area contributed by atoms with Gasteiger partial charge in [-0.3, -0.25) is 9.59 Å². The van der Waals surface area contributed by atoms with Gasteiger partial charge in [0.05, 0.1) is 0 Å². The molecule has 4 amide bonds. The molecule has 0 heterocycles. The van der Waals surface area contributed by atoms with Gasteiger partial charge in [-0.15, -0.1) is 12.4 Å². The Labute approximate surface area is 216 Å². The van der Waals surface area contributed by atoms with Crippen LogP contribution in [0.1, 0.15) is 86.0 Å². The van der Waals surface area contributed by atoms with Gasteiger partial charge in [-0.25, -0.2) is 9.59 Å². The Bertz CT molecular complexity index is 644. The number of carboxylic acids is 1. The maximum absolute atomic E-state index is 13.1. The van der Waals surface area contributed by atoms with Gasteiger partial charge in [0.1, 0.15) is 18.1 Å². The van der Waals surface area contributed by atoms with E-state index in [1.54, 1.807) is 6.92 Å². The highest BCUT2D eigenvalue weighted by atomic mass is 35.5. The van der Waals surface area contributed by atoms with Crippen LogP contribution in [0.3, 0.4) is 0 Å². The molecule has 0 saturated heterocycles. The highest BCUT2D eigenvalue weighted by Gasteiger charge is 2.31. The summed E-state index contributed by atoms with van der Waals surface area (Å²) >= 11 is 0. The molecule has 1 rings (SSSR count). The van der Waals surface area contributed by atoms with Gasteiger partial charge in [0, 0.05) is 6.54 Å². The minimum absolute atomic E-state index is 0. The number of halogens is 1. The zero-order chi connectivity index (χ0) is 24.8. The first kappa shape index (κ1) is 35.1. The van der Waals surface area contributed by atoms with Gasteiger partial charge in [-0.2, -0.15) is 0 Å². The molecule has 3 atom stereocenters. The Hall–Kier alpha value is -2.07. The summed E-state index contributed by atoms with van der Waals surface area (Å²) in [6, 6.07) is -3.35. The Balaban J connectivity index is 0. The van der Waals surface area contributed by atoms with Gasteiger partial charge in [0.2, 0.25) is 11.8 Å². The summed E-state index contributed by atoms with van der Waals surface area (Å²) in [5.74, 6) is -1.69. The van der Waals surface area contributed by atoms with Crippen molar-refractivity contribution in [2.24, 2.45) is 17.6 Å². The molecule has 0 aliphatic heterocycles. The Morgan fingerprint density at radius 2 is 1.54 bits per heavy atom. The summed E-state index contributed by atoms with van der Waals surface area (Å²) in [5, 5.41) is 20.1. The number of unbranched alkanes of at least 4 members (excludes halogenated alkanes) is 1. The Morgan fingerprint density at radius 1 is 0.943 bits per heavy atom. The monoisotopic (exact) mass is 521 g/mol. The van der Waals surface area contributed by atoms with E-state index in [-0.39, 0.29) is 44.0 Å². The van der Waals surface area contributed by atoms with E-state index in [9.17, 15) is 24.3 Å². The van der Waals surface area contributed by atoms with Crippen molar-refractivity contribution < 1.29 is 24.3 Å². The average molecular weight is 522 g/mol. The lowest BCUT2D eigenvalue weighted by atomic mass is 9.84. The molecule has 1 aliphatic rings. The lowest BCUT2D eigenvalue weighted by Crippen LogP contribution is -2.58. The molecule has 0 aromatic carbocycles. The number of likely N-dealkylation sites (N-methyl/N-ethyl adjacent to an activating group) is 1. The first-order valence-corrected chi connectivity index (χ1v) is 12.3. The van der Waals surface area contributed by atoms with Gasteiger partial charge < -0.3 is 32.1 Å². The maximum atomic E-state index is 13.1. The molecule has 0 aromatic rings. The van der Waals surface area contributed by atoms with E-state index in [0.29, 0.717) is 32.4 Å². The number of carboxylic acid groups (broad SMARTS) is 1. The molecule has 0 spiro atoms. The SMILES string of the molecule is C.CCNC(=O)[C@@H](NC(=O)[C@@H](CC1CCCCC1)NC(=O)N[C@@H](CCCCN)C(=O)O)C(C)C.Cl. The number of amides is 4. The van der Waals surface area contributed by atoms with Gasteiger partial charge in [-0.1, -0.05) is 53.4 Å². The molecule has 7 N–H and O–H groups in total. The molecule has 1 saturated carbocycles. The minimum atomic E-state index is -1.13. The van der Waals surface area contributed by atoms with Crippen LogP contribution in [0.5, 0.6) is 0 Å². The smallest absolute Gasteiger partial charge is 0.326 e. The zero-order valence-electron chi connectivity index (χ0n) is 20.7. The number of aliphatic carboxylic acids is 1. The van der Waals surface area contributed by atoms with Crippen LogP contribution in [0.25, 0.3) is 0 Å². The van der Waals surface area contributed by atoms with Crippen molar-refractivity contribution >= 4 is 36.2 Å². The van der Waals surface area contributed by atoms with Crippen molar-refractivity contribution in [2.75, 3.05) is 13.1 Å². The average Bonchev–Trinajstić information content (AvgIpc) is 2.76. The molecule has 0 radical (unpaired) electrons. The van der Waals surface area contributed by atoms with E-state index in [0.717, 1.165) is 32.1 Å². The highest BCUT2D eigenvalue weighted by molar-refractivity contribution is 5.92. The second-order valence-corrected chi connectivity index (χ2v) is 9.21. The predicted octanol–water partition coefficient (Wildman–Crippen LogP) is 2.54. The summed E-state index contributed by atoms with van der Waals surface area (Å²) in [6.45, 7) is 6.39. The van der Waals surface area contributed by atoms with Gasteiger partial charge in [0.15, 0.2) is 0 Å². The second kappa shape index (κ2) is 19.2. The van der Waals surface area contributed by atoms with Crippen LogP contribution in [0.2, 0.25) is 0 Å². The molecular formula is C24H48ClN5O5. The lowest BCUT2D eigenvalue weighted by molar-refractivity contribution is -0.139. The molecule has 35 heavy (non-hydrogen) atoms. The van der Waals surface area contributed by atoms with E-state index in [4.69, 9.17) is 5.73 Å². The first-order chi connectivity index (χ1) is 15.7. The molecule has 1 fully saturated rings. The van der Waals surface area contributed by atoms with Gasteiger partial charge >= 0.3 is 12.0 Å². The van der Waals surface area contributed by atoms with Crippen molar-refractivity contribution in [3.63, 3.8) is 0 Å². The largest absolute Gasteiger partial charge is 0.480 e. The molecule has 1 aliphatic carbocycles. The minimum Gasteiger partial charge on any atom is -0.480 e. The Kier molecular flexibility index (Phi) is 19.2. The maximum Gasteiger partial charge on any atom is 0.326 e. The Morgan fingerprint density at radius 3 is 2.06 bits per heavy atom. The van der Waals surface area contributed by atoms with E-state index >= 15 is 0 Å². The van der Waals surface area contributed by atoms with Crippen LogP contribution in [-0.4, -0.2) is 60.1 Å². The number of carbonyl (C=O) groups excluding carboxylic acids is 3. The van der Waals surface area contributed by atoms with Crippen LogP contribution < -0.4 is 27.0 Å². The number of urea groups is 1. The van der Waals surface area contributed by atoms with E-state index in [1.165, 1.54) is 0 Å². The van der Waals surface area contributed by atoms with Crippen molar-refractivity contribution in [1.29, 1.82) is 0 Å². The van der Waals surface area contributed by atoms with Crippen LogP contribution in [-0.2, 0) is 14.4 Å². The highest BCUT2D eigenvalue weighted by Crippen LogP contribution is 2.27. The first-order valence-electron chi connectivity index (χ1n) is 12.3. The van der Waals surface area contributed by atoms with Crippen molar-refractivity contribution in [1.82, 2.24) is 21.3 Å². The fourth-order valence-electron chi connectivity index (χ4n) is 4.17. The van der Waals surface area contributed by atoms with Crippen LogP contribution in [0.4, 0.5) is 4.79 Å². The number of hydrogen-bond acceptors (Lipinski definition) is 5. The van der Waals surface area contributed by atoms with Crippen LogP contribution in [0.15, 0.2) is 0 Å². The zero-order valence-corrected chi connectivity index (χ0v) is 21.5. The number of carbonyl (C=O) groups is 4. The molecule has 0 bridgehead atoms. The van der Waals surface area contributed by atoms with Crippen molar-refractivity contribution in [3.05, 3.63) is 0 Å². The van der Waals surface area contributed by atoms with E-state index in [1.807, 2.05) is 13.8 Å². The third kappa shape index (κ3) is 13.6. The number of rotatable bonds is 14. The number of hydrogen-bond donors (Lipinski definition) is 6. The summed E-state index contributed by atoms with van der Waals surface area (Å²) in [5.41, 5.74) is 5.46. The van der Waals surface area contributed by atoms with Gasteiger partial charge in [-0.05, 0) is 51.0 Å². The molecule has 10 nitrogen and oxygen atoms in total. The lowest BCUT2D eigenvalue weighted by Gasteiger charge is -2.29. The third-order valence-electron chi connectivity index (χ3n) is 6.06. The fourth-order valence-corrected chi connectivity index (χ4v) is 4.17. The summed E-state index contributed by atoms with van der Waals surface area (Å²) < 4.78 is 0. The summed E-state index contributed by atoms with van der Waals surface area (Å²) in [7, 11) is 0. The van der Waals surface area contributed by atoms with Crippen LogP contribution in [0, 0.1) is 11.8 Å². The van der Waals surface area contributed by atoms with Crippen molar-refractivity contribution in [2.45, 2.75) is 104 Å². The predicted molar refractivity (Wildman–Crippen MR) is 140 cm³/mol. The molecule has 0 aromatic heterocycles. The molecule has 0 unspecified atom stereocenters. The molecule has 206 valence electrons. The van der Waals surface area contributed by atoms with E-state index in [2.05, 4.69) is 21.3 Å². The van der Waals surface area contributed by atoms with Crippen molar-refractivity contribution in [3.8, 4) is 0 Å². The molecular weight excluding hydrogens is 474 g/mol. The number of nitrogens with one attached hydrogen (secondary N) is 4. The standard InChI is InChI=1S/C23H43N5O5.CH4.ClH/c1-4-25-21(30)19(15(2)3)28-20(29)18(14-16-10-6-5-7-11-16)27-23(33)26-17(22(31)32)12-8-9-13-24;;/h15-19H,4-14,24H2,1-3H3,(H,25,30)(H,28,29)(H,31,32)(H2,26,27,33);1H4;1H/t17-,18+,19-;;/m0../s1. The fraction of sp³-hybridized carbons (Fsp3) is 0.833. The summed E-state index contributed by atoms with van der Waals surface area (Å²) in [6.07, 6.45) is 7.23. The second-order valence-electron chi connectivity index (χ2n) is 9.21. The normalized spacial score (nSPS) is 16.0. The molecule has 11 heteroatoms. The topological polar surface area (TPSA) is 163 Å². The van der Waals surface area contributed by atoms with Gasteiger partial charge in [0.25, 0.3) is 0 Å². The summed E-state index contributed by atoms with van der Waals surface area (Å²) in [4.78, 5) is 49.7. The van der Waals surface area contributed by atoms with E-state index < -0.39 is 36.0 Å².